The highest BCUT2D eigenvalue weighted by Crippen LogP contribution is 2.37. The van der Waals surface area contributed by atoms with E-state index in [-0.39, 0.29) is 60.5 Å². The van der Waals surface area contributed by atoms with E-state index < -0.39 is 42.4 Å². The monoisotopic (exact) mass is 532 g/mol. The van der Waals surface area contributed by atoms with E-state index in [0.29, 0.717) is 0 Å². The van der Waals surface area contributed by atoms with Gasteiger partial charge in [-0.2, -0.15) is 13.9 Å². The van der Waals surface area contributed by atoms with Gasteiger partial charge in [0.05, 0.1) is 30.1 Å². The number of aliphatic hydroxyl groups is 1. The van der Waals surface area contributed by atoms with Gasteiger partial charge in [0.1, 0.15) is 5.54 Å². The number of piperidine rings is 1. The molecule has 1 aliphatic heterocycles. The number of alkyl halides is 2. The number of ether oxygens (including phenoxy) is 1. The fourth-order valence-electron chi connectivity index (χ4n) is 4.40. The molecule has 36 heavy (non-hydrogen) atoms. The van der Waals surface area contributed by atoms with Gasteiger partial charge in [-0.15, -0.1) is 0 Å². The number of aliphatic carboxylic acids is 1. The van der Waals surface area contributed by atoms with E-state index in [1.807, 2.05) is 0 Å². The normalized spacial score (nSPS) is 16.8. The number of nitrogens with one attached hydrogen (secondary N) is 1. The summed E-state index contributed by atoms with van der Waals surface area (Å²) in [7, 11) is 0. The molecule has 198 valence electrons. The molecule has 1 aliphatic rings. The molecule has 1 aromatic heterocycles. The van der Waals surface area contributed by atoms with Crippen molar-refractivity contribution < 1.29 is 37.7 Å². The van der Waals surface area contributed by atoms with Crippen LogP contribution in [-0.2, 0) is 15.1 Å². The van der Waals surface area contributed by atoms with E-state index in [2.05, 4.69) is 15.2 Å². The third-order valence-electron chi connectivity index (χ3n) is 6.27. The molecular formula is C23H28ClF3N4O5. The number of likely N-dealkylation sites (tertiary alicyclic amines) is 1. The van der Waals surface area contributed by atoms with Crippen LogP contribution in [0.4, 0.5) is 18.9 Å². The van der Waals surface area contributed by atoms with Crippen LogP contribution in [0.3, 0.4) is 0 Å². The molecule has 0 spiro atoms. The van der Waals surface area contributed by atoms with E-state index in [1.165, 1.54) is 16.8 Å². The van der Waals surface area contributed by atoms with Crippen LogP contribution >= 0.6 is 11.6 Å². The van der Waals surface area contributed by atoms with Crippen LogP contribution in [0, 0.1) is 11.7 Å². The summed E-state index contributed by atoms with van der Waals surface area (Å²) in [6.07, 6.45) is 1.27. The Morgan fingerprint density at radius 3 is 2.50 bits per heavy atom. The van der Waals surface area contributed by atoms with E-state index in [9.17, 15) is 33.0 Å². The summed E-state index contributed by atoms with van der Waals surface area (Å²) >= 11 is 5.90. The second-order valence-electron chi connectivity index (χ2n) is 8.97. The van der Waals surface area contributed by atoms with Gasteiger partial charge in [-0.25, -0.2) is 4.39 Å². The highest BCUT2D eigenvalue weighted by atomic mass is 35.5. The van der Waals surface area contributed by atoms with Crippen LogP contribution in [0.2, 0.25) is 5.02 Å². The van der Waals surface area contributed by atoms with Crippen LogP contribution in [-0.4, -0.2) is 69.6 Å². The van der Waals surface area contributed by atoms with E-state index in [4.69, 9.17) is 11.6 Å². The average Bonchev–Trinajstić information content (AvgIpc) is 3.21. The van der Waals surface area contributed by atoms with Gasteiger partial charge in [-0.3, -0.25) is 14.3 Å². The third kappa shape index (κ3) is 5.93. The highest BCUT2D eigenvalue weighted by Gasteiger charge is 2.46. The number of aromatic nitrogens is 2. The molecule has 9 nitrogen and oxygen atoms in total. The van der Waals surface area contributed by atoms with Crippen molar-refractivity contribution in [2.45, 2.75) is 44.8 Å². The largest absolute Gasteiger partial charge is 0.481 e. The first-order valence-electron chi connectivity index (χ1n) is 11.3. The molecule has 1 amide bonds. The minimum absolute atomic E-state index is 0.0450. The van der Waals surface area contributed by atoms with Gasteiger partial charge in [0.15, 0.2) is 11.6 Å². The molecule has 0 radical (unpaired) electrons. The number of amides is 1. The van der Waals surface area contributed by atoms with Gasteiger partial charge in [-0.1, -0.05) is 25.4 Å². The van der Waals surface area contributed by atoms with Gasteiger partial charge in [0.2, 0.25) is 0 Å². The number of carboxylic acid groups (broad SMARTS) is 1. The molecular weight excluding hydrogens is 505 g/mol. The lowest BCUT2D eigenvalue weighted by atomic mass is 9.85. The second-order valence-corrected chi connectivity index (χ2v) is 9.40. The molecule has 0 bridgehead atoms. The third-order valence-corrected chi connectivity index (χ3v) is 6.51. The first-order valence-corrected chi connectivity index (χ1v) is 11.7. The van der Waals surface area contributed by atoms with Gasteiger partial charge in [0.25, 0.3) is 5.91 Å². The highest BCUT2D eigenvalue weighted by molar-refractivity contribution is 6.30. The minimum Gasteiger partial charge on any atom is -0.481 e. The fourth-order valence-corrected chi connectivity index (χ4v) is 4.56. The van der Waals surface area contributed by atoms with E-state index in [1.54, 1.807) is 18.7 Å². The van der Waals surface area contributed by atoms with Crippen LogP contribution in [0.1, 0.15) is 38.3 Å². The SMILES string of the molecule is CC(C)c1c(F)cnn1C1(C(=O)Nc2ccc(Cl)cc2OC(F)F)CCN(C[C@@H](CO)C(=O)O)CC1. The van der Waals surface area contributed by atoms with Crippen molar-refractivity contribution in [2.75, 3.05) is 31.6 Å². The van der Waals surface area contributed by atoms with Crippen molar-refractivity contribution in [3.8, 4) is 5.75 Å². The lowest BCUT2D eigenvalue weighted by molar-refractivity contribution is -0.144. The lowest BCUT2D eigenvalue weighted by Crippen LogP contribution is -2.55. The molecule has 2 heterocycles. The van der Waals surface area contributed by atoms with Crippen LogP contribution in [0.25, 0.3) is 0 Å². The summed E-state index contributed by atoms with van der Waals surface area (Å²) in [4.78, 5) is 26.9. The fraction of sp³-hybridized carbons (Fsp3) is 0.522. The predicted octanol–water partition coefficient (Wildman–Crippen LogP) is 3.52. The second kappa shape index (κ2) is 11.5. The van der Waals surface area contributed by atoms with Gasteiger partial charge in [0, 0.05) is 30.7 Å². The van der Waals surface area contributed by atoms with Crippen molar-refractivity contribution in [3.05, 3.63) is 40.9 Å². The number of nitrogens with zero attached hydrogens (tertiary/aromatic N) is 3. The number of benzene rings is 1. The molecule has 0 saturated carbocycles. The molecule has 3 N–H and O–H groups in total. The number of hydrogen-bond acceptors (Lipinski definition) is 6. The van der Waals surface area contributed by atoms with Crippen molar-refractivity contribution in [2.24, 2.45) is 5.92 Å². The minimum atomic E-state index is -3.15. The zero-order valence-corrected chi connectivity index (χ0v) is 20.5. The number of carbonyl (C=O) groups excluding carboxylic acids is 1. The molecule has 3 rings (SSSR count). The van der Waals surface area contributed by atoms with Gasteiger partial charge in [-0.05, 0) is 30.9 Å². The Morgan fingerprint density at radius 1 is 1.28 bits per heavy atom. The van der Waals surface area contributed by atoms with Crippen LogP contribution in [0.15, 0.2) is 24.4 Å². The summed E-state index contributed by atoms with van der Waals surface area (Å²) < 4.78 is 46.4. The Morgan fingerprint density at radius 2 is 1.94 bits per heavy atom. The summed E-state index contributed by atoms with van der Waals surface area (Å²) in [5, 5.41) is 25.5. The Balaban J connectivity index is 1.96. The molecule has 1 atom stereocenters. The number of aliphatic hydroxyl groups excluding tert-OH is 1. The molecule has 1 fully saturated rings. The number of carbonyl (C=O) groups is 2. The molecule has 1 aromatic carbocycles. The maximum absolute atomic E-state index is 14.7. The summed E-state index contributed by atoms with van der Waals surface area (Å²) in [5.74, 6) is -4.00. The zero-order valence-electron chi connectivity index (χ0n) is 19.8. The average molecular weight is 533 g/mol. The standard InChI is InChI=1S/C23H28ClF3N4O5/c1-13(2)19-16(25)10-28-31(19)23(5-7-30(8-6-23)11-14(12-32)20(33)34)21(35)29-17-4-3-15(24)9-18(17)36-22(26)27/h3-4,9-10,13-14,22,32H,5-8,11-12H2,1-2H3,(H,29,35)(H,33,34)/t14-/m0/s1. The van der Waals surface area contributed by atoms with Crippen LogP contribution < -0.4 is 10.1 Å². The quantitative estimate of drug-likeness (QED) is 0.428. The Kier molecular flexibility index (Phi) is 8.85. The Bertz CT molecular complexity index is 1090. The molecule has 2 aromatic rings. The smallest absolute Gasteiger partial charge is 0.387 e. The van der Waals surface area contributed by atoms with Crippen LogP contribution in [0.5, 0.6) is 5.75 Å². The maximum atomic E-state index is 14.7. The van der Waals surface area contributed by atoms with Crippen molar-refractivity contribution in [1.29, 1.82) is 0 Å². The lowest BCUT2D eigenvalue weighted by Gasteiger charge is -2.42. The zero-order chi connectivity index (χ0) is 26.6. The number of rotatable bonds is 10. The maximum Gasteiger partial charge on any atom is 0.387 e. The Hall–Kier alpha value is -2.83. The molecule has 0 unspecified atom stereocenters. The summed E-state index contributed by atoms with van der Waals surface area (Å²) in [5.41, 5.74) is -1.24. The molecule has 0 aliphatic carbocycles. The van der Waals surface area contributed by atoms with E-state index >= 15 is 0 Å². The number of anilines is 1. The predicted molar refractivity (Wildman–Crippen MR) is 125 cm³/mol. The van der Waals surface area contributed by atoms with Crippen molar-refractivity contribution in [3.63, 3.8) is 0 Å². The first-order chi connectivity index (χ1) is 17.0. The molecule has 1 saturated heterocycles. The summed E-state index contributed by atoms with van der Waals surface area (Å²) in [6, 6.07) is 3.87. The number of hydrogen-bond donors (Lipinski definition) is 3. The summed E-state index contributed by atoms with van der Waals surface area (Å²) in [6.45, 7) is 0.375. The number of carboxylic acids is 1. The van der Waals surface area contributed by atoms with Crippen molar-refractivity contribution in [1.82, 2.24) is 14.7 Å². The first kappa shape index (κ1) is 27.8. The topological polar surface area (TPSA) is 117 Å². The molecule has 13 heteroatoms. The van der Waals surface area contributed by atoms with Crippen molar-refractivity contribution >= 4 is 29.2 Å². The number of halogens is 4. The van der Waals surface area contributed by atoms with E-state index in [0.717, 1.165) is 12.3 Å². The van der Waals surface area contributed by atoms with Gasteiger partial charge >= 0.3 is 12.6 Å². The van der Waals surface area contributed by atoms with Gasteiger partial charge < -0.3 is 25.2 Å². The Labute approximate surface area is 210 Å².